The Morgan fingerprint density at radius 3 is 2.00 bits per heavy atom. The molecule has 0 amide bonds. The fourth-order valence-corrected chi connectivity index (χ4v) is 5.43. The second kappa shape index (κ2) is 8.76. The number of nitrogens with zero attached hydrogens (tertiary/aromatic N) is 1. The molecule has 1 aliphatic rings. The molecule has 0 atom stereocenters. The van der Waals surface area contributed by atoms with Crippen molar-refractivity contribution in [3.63, 3.8) is 0 Å². The molecular formula is C24H20N2O5S2. The number of ketones is 1. The van der Waals surface area contributed by atoms with Gasteiger partial charge in [-0.3, -0.25) is 9.52 Å². The van der Waals surface area contributed by atoms with Crippen molar-refractivity contribution in [3.05, 3.63) is 107 Å². The highest BCUT2D eigenvalue weighted by molar-refractivity contribution is 7.90. The van der Waals surface area contributed by atoms with Crippen LogP contribution in [0.15, 0.2) is 105 Å². The highest BCUT2D eigenvalue weighted by atomic mass is 32.2. The van der Waals surface area contributed by atoms with Crippen LogP contribution < -0.4 is 4.72 Å². The number of rotatable bonds is 6. The Morgan fingerprint density at radius 1 is 0.758 bits per heavy atom. The van der Waals surface area contributed by atoms with Gasteiger partial charge < -0.3 is 0 Å². The minimum absolute atomic E-state index is 0.00129. The first-order valence-electron chi connectivity index (χ1n) is 10.1. The summed E-state index contributed by atoms with van der Waals surface area (Å²) in [7, 11) is -8.18. The first kappa shape index (κ1) is 22.6. The van der Waals surface area contributed by atoms with E-state index in [1.807, 2.05) is 6.92 Å². The number of aryl methyl sites for hydroxylation is 1. The second-order valence-electron chi connectivity index (χ2n) is 7.30. The van der Waals surface area contributed by atoms with Crippen LogP contribution in [0.1, 0.15) is 28.4 Å². The Hall–Kier alpha value is -3.56. The molecule has 0 radical (unpaired) electrons. The molecule has 3 aromatic carbocycles. The van der Waals surface area contributed by atoms with Crippen LogP contribution in [0.2, 0.25) is 0 Å². The average Bonchev–Trinajstić information content (AvgIpc) is 2.82. The normalized spacial score (nSPS) is 15.1. The summed E-state index contributed by atoms with van der Waals surface area (Å²) in [6.45, 7) is 1.96. The van der Waals surface area contributed by atoms with Crippen molar-refractivity contribution in [2.75, 3.05) is 0 Å². The van der Waals surface area contributed by atoms with E-state index in [-0.39, 0.29) is 26.8 Å². The van der Waals surface area contributed by atoms with E-state index in [9.17, 15) is 21.6 Å². The molecule has 7 nitrogen and oxygen atoms in total. The fourth-order valence-electron chi connectivity index (χ4n) is 3.36. The zero-order valence-electron chi connectivity index (χ0n) is 17.6. The number of fused-ring (bicyclic) bond motifs is 1. The molecule has 0 saturated heterocycles. The van der Waals surface area contributed by atoms with Crippen molar-refractivity contribution in [3.8, 4) is 0 Å². The number of hydrogen-bond acceptors (Lipinski definition) is 5. The topological polar surface area (TPSA) is 110 Å². The first-order valence-corrected chi connectivity index (χ1v) is 13.0. The summed E-state index contributed by atoms with van der Waals surface area (Å²) >= 11 is 0. The van der Waals surface area contributed by atoms with E-state index in [4.69, 9.17) is 0 Å². The molecule has 9 heteroatoms. The summed E-state index contributed by atoms with van der Waals surface area (Å²) in [5.41, 5.74) is 1.12. The third-order valence-corrected chi connectivity index (χ3v) is 7.81. The van der Waals surface area contributed by atoms with Crippen molar-refractivity contribution in [2.24, 2.45) is 4.40 Å². The number of Topliss-reactive ketones (excluding diaryl/α,β-unsaturated/α-hetero) is 1. The van der Waals surface area contributed by atoms with Gasteiger partial charge in [-0.1, -0.05) is 61.5 Å². The van der Waals surface area contributed by atoms with E-state index < -0.39 is 25.8 Å². The fraction of sp³-hybridized carbons (Fsp3) is 0.0833. The Labute approximate surface area is 192 Å². The monoisotopic (exact) mass is 480 g/mol. The molecule has 0 fully saturated rings. The molecule has 0 unspecified atom stereocenters. The number of carbonyl (C=O) groups is 1. The van der Waals surface area contributed by atoms with E-state index >= 15 is 0 Å². The van der Waals surface area contributed by atoms with Gasteiger partial charge in [-0.25, -0.2) is 8.42 Å². The van der Waals surface area contributed by atoms with Gasteiger partial charge in [0.2, 0.25) is 5.78 Å². The maximum atomic E-state index is 13.0. The minimum atomic E-state index is -4.11. The third-order valence-electron chi connectivity index (χ3n) is 5.12. The van der Waals surface area contributed by atoms with Crippen molar-refractivity contribution in [2.45, 2.75) is 23.1 Å². The lowest BCUT2D eigenvalue weighted by molar-refractivity contribution is 0.102. The highest BCUT2D eigenvalue weighted by Gasteiger charge is 2.29. The van der Waals surface area contributed by atoms with Crippen molar-refractivity contribution >= 4 is 31.5 Å². The van der Waals surface area contributed by atoms with Gasteiger partial charge in [0.1, 0.15) is 0 Å². The number of hydrogen-bond donors (Lipinski definition) is 1. The lowest BCUT2D eigenvalue weighted by atomic mass is 9.93. The van der Waals surface area contributed by atoms with E-state index in [1.54, 1.807) is 48.5 Å². The van der Waals surface area contributed by atoms with Crippen LogP contribution in [0.4, 0.5) is 0 Å². The summed E-state index contributed by atoms with van der Waals surface area (Å²) in [6, 6.07) is 20.3. The van der Waals surface area contributed by atoms with Crippen LogP contribution in [0.5, 0.6) is 0 Å². The van der Waals surface area contributed by atoms with Crippen LogP contribution in [-0.4, -0.2) is 28.3 Å². The van der Waals surface area contributed by atoms with Gasteiger partial charge in [0.15, 0.2) is 0 Å². The van der Waals surface area contributed by atoms with Gasteiger partial charge >= 0.3 is 0 Å². The number of nitrogens with one attached hydrogen (secondary N) is 1. The van der Waals surface area contributed by atoms with Crippen molar-refractivity contribution in [1.82, 2.24) is 4.72 Å². The summed E-state index contributed by atoms with van der Waals surface area (Å²) in [5, 5.41) is 0. The molecule has 1 aliphatic carbocycles. The molecule has 0 aromatic heterocycles. The Bertz CT molecular complexity index is 1490. The predicted molar refractivity (Wildman–Crippen MR) is 125 cm³/mol. The number of benzene rings is 3. The molecule has 4 rings (SSSR count). The summed E-state index contributed by atoms with van der Waals surface area (Å²) < 4.78 is 57.7. The maximum Gasteiger partial charge on any atom is 0.282 e. The third kappa shape index (κ3) is 4.64. The quantitative estimate of drug-likeness (QED) is 0.581. The molecule has 0 bridgehead atoms. The molecule has 0 spiro atoms. The Morgan fingerprint density at radius 2 is 1.36 bits per heavy atom. The number of allylic oxidation sites excluding steroid dienone is 2. The molecule has 1 N–H and O–H groups in total. The molecular weight excluding hydrogens is 460 g/mol. The number of carbonyl (C=O) groups excluding carboxylic acids is 1. The van der Waals surface area contributed by atoms with E-state index in [0.29, 0.717) is 5.56 Å². The van der Waals surface area contributed by atoms with Crippen LogP contribution in [0.25, 0.3) is 0 Å². The lowest BCUT2D eigenvalue weighted by Crippen LogP contribution is -2.31. The molecule has 0 saturated carbocycles. The van der Waals surface area contributed by atoms with E-state index in [0.717, 1.165) is 18.1 Å². The van der Waals surface area contributed by atoms with Gasteiger partial charge in [-0.2, -0.15) is 12.8 Å². The van der Waals surface area contributed by atoms with Crippen LogP contribution >= 0.6 is 0 Å². The van der Waals surface area contributed by atoms with E-state index in [1.165, 1.54) is 30.3 Å². The average molecular weight is 481 g/mol. The molecule has 3 aromatic rings. The van der Waals surface area contributed by atoms with Crippen LogP contribution in [0.3, 0.4) is 0 Å². The van der Waals surface area contributed by atoms with Gasteiger partial charge in [0.25, 0.3) is 20.0 Å². The second-order valence-corrected chi connectivity index (χ2v) is 10.6. The van der Waals surface area contributed by atoms with Gasteiger partial charge in [-0.05, 0) is 42.3 Å². The highest BCUT2D eigenvalue weighted by Crippen LogP contribution is 2.24. The van der Waals surface area contributed by atoms with Gasteiger partial charge in [0, 0.05) is 11.1 Å². The Kier molecular flexibility index (Phi) is 6.01. The van der Waals surface area contributed by atoms with Gasteiger partial charge in [-0.15, -0.1) is 0 Å². The zero-order chi connectivity index (χ0) is 23.6. The summed E-state index contributed by atoms with van der Waals surface area (Å²) in [5.74, 6) is -0.575. The predicted octanol–water partition coefficient (Wildman–Crippen LogP) is 3.49. The lowest BCUT2D eigenvalue weighted by Gasteiger charge is -2.18. The molecule has 33 heavy (non-hydrogen) atoms. The molecule has 0 aliphatic heterocycles. The maximum absolute atomic E-state index is 13.0. The SMILES string of the molecule is CCc1ccc(S(=O)(=O)N=C2C=C(NS(=O)(=O)c3ccccc3)C(=O)c3ccccc32)cc1. The first-order chi connectivity index (χ1) is 15.7. The van der Waals surface area contributed by atoms with Crippen LogP contribution in [-0.2, 0) is 26.5 Å². The number of sulfonamides is 2. The van der Waals surface area contributed by atoms with Crippen molar-refractivity contribution < 1.29 is 21.6 Å². The van der Waals surface area contributed by atoms with Gasteiger partial charge in [0.05, 0.1) is 21.2 Å². The zero-order valence-corrected chi connectivity index (χ0v) is 19.2. The van der Waals surface area contributed by atoms with Crippen molar-refractivity contribution in [1.29, 1.82) is 0 Å². The van der Waals surface area contributed by atoms with E-state index in [2.05, 4.69) is 9.12 Å². The Balaban J connectivity index is 1.80. The van der Waals surface area contributed by atoms with Crippen LogP contribution in [0, 0.1) is 0 Å². The minimum Gasteiger partial charge on any atom is -0.287 e. The largest absolute Gasteiger partial charge is 0.287 e. The standard InChI is InChI=1S/C24H20N2O5S2/c1-2-17-12-14-19(15-13-17)33(30,31)25-22-16-23(24(27)21-11-7-6-10-20(21)22)26-32(28,29)18-8-4-3-5-9-18/h3-16,26H,2H2,1H3. The molecule has 168 valence electrons. The smallest absolute Gasteiger partial charge is 0.282 e. The summed E-state index contributed by atoms with van der Waals surface area (Å²) in [6.07, 6.45) is 1.92. The summed E-state index contributed by atoms with van der Waals surface area (Å²) in [4.78, 5) is 13.0. The molecule has 0 heterocycles.